The van der Waals surface area contributed by atoms with Crippen molar-refractivity contribution in [1.82, 2.24) is 5.32 Å². The Labute approximate surface area is 138 Å². The first-order chi connectivity index (χ1) is 11.8. The molecule has 118 valence electrons. The third kappa shape index (κ3) is 2.70. The van der Waals surface area contributed by atoms with Gasteiger partial charge in [-0.1, -0.05) is 48.5 Å². The average molecular weight is 317 g/mol. The maximum Gasteiger partial charge on any atom is 0.287 e. The van der Waals surface area contributed by atoms with Crippen molar-refractivity contribution >= 4 is 16.9 Å². The number of nitrogens with one attached hydrogen (secondary N) is 1. The molecular weight excluding hydrogens is 302 g/mol. The van der Waals surface area contributed by atoms with Gasteiger partial charge in [-0.15, -0.1) is 0 Å². The van der Waals surface area contributed by atoms with E-state index in [0.717, 1.165) is 10.9 Å². The van der Waals surface area contributed by atoms with E-state index < -0.39 is 0 Å². The van der Waals surface area contributed by atoms with Gasteiger partial charge in [-0.05, 0) is 29.8 Å². The van der Waals surface area contributed by atoms with E-state index in [9.17, 15) is 4.79 Å². The van der Waals surface area contributed by atoms with Crippen LogP contribution in [-0.2, 0) is 0 Å². The molecule has 0 aliphatic heterocycles. The first-order valence-electron chi connectivity index (χ1n) is 7.69. The second kappa shape index (κ2) is 6.08. The third-order valence-corrected chi connectivity index (χ3v) is 3.89. The van der Waals surface area contributed by atoms with Gasteiger partial charge in [0.1, 0.15) is 17.4 Å². The van der Waals surface area contributed by atoms with Gasteiger partial charge in [-0.2, -0.15) is 0 Å². The van der Waals surface area contributed by atoms with E-state index >= 15 is 0 Å². The van der Waals surface area contributed by atoms with E-state index in [1.54, 1.807) is 18.4 Å². The highest BCUT2D eigenvalue weighted by Gasteiger charge is 2.22. The lowest BCUT2D eigenvalue weighted by Crippen LogP contribution is -2.28. The first kappa shape index (κ1) is 14.3. The van der Waals surface area contributed by atoms with Gasteiger partial charge >= 0.3 is 0 Å². The highest BCUT2D eigenvalue weighted by atomic mass is 16.3. The molecule has 1 atom stereocenters. The number of amides is 1. The van der Waals surface area contributed by atoms with Crippen molar-refractivity contribution < 1.29 is 13.6 Å². The van der Waals surface area contributed by atoms with E-state index in [4.69, 9.17) is 8.83 Å². The van der Waals surface area contributed by atoms with Crippen molar-refractivity contribution in [3.63, 3.8) is 0 Å². The minimum Gasteiger partial charge on any atom is -0.467 e. The Balaban J connectivity index is 1.66. The van der Waals surface area contributed by atoms with E-state index in [-0.39, 0.29) is 17.7 Å². The molecule has 4 rings (SSSR count). The lowest BCUT2D eigenvalue weighted by Gasteiger charge is -2.16. The molecule has 1 N–H and O–H groups in total. The zero-order valence-electron chi connectivity index (χ0n) is 12.8. The summed E-state index contributed by atoms with van der Waals surface area (Å²) < 4.78 is 11.1. The van der Waals surface area contributed by atoms with Crippen molar-refractivity contribution in [2.75, 3.05) is 0 Å². The highest BCUT2D eigenvalue weighted by Crippen LogP contribution is 2.24. The normalized spacial score (nSPS) is 12.2. The predicted octanol–water partition coefficient (Wildman–Crippen LogP) is 4.55. The molecule has 24 heavy (non-hydrogen) atoms. The summed E-state index contributed by atoms with van der Waals surface area (Å²) in [7, 11) is 0. The first-order valence-corrected chi connectivity index (χ1v) is 7.69. The van der Waals surface area contributed by atoms with Crippen molar-refractivity contribution in [3.05, 3.63) is 96.1 Å². The van der Waals surface area contributed by atoms with E-state index in [1.807, 2.05) is 60.7 Å². The van der Waals surface area contributed by atoms with Crippen LogP contribution in [0.1, 0.15) is 27.9 Å². The fourth-order valence-corrected chi connectivity index (χ4v) is 2.72. The summed E-state index contributed by atoms with van der Waals surface area (Å²) in [6.07, 6.45) is 1.60. The number of para-hydroxylation sites is 1. The lowest BCUT2D eigenvalue weighted by atomic mass is 10.0. The SMILES string of the molecule is O=C(N[C@@H](c1ccccc1)c1ccco1)c1cc2ccccc2o1. The molecule has 0 unspecified atom stereocenters. The number of carbonyl (C=O) groups excluding carboxylic acids is 1. The average Bonchev–Trinajstić information content (AvgIpc) is 3.29. The second-order valence-electron chi connectivity index (χ2n) is 5.48. The maximum absolute atomic E-state index is 12.6. The molecule has 4 aromatic rings. The molecule has 2 heterocycles. The number of hydrogen-bond acceptors (Lipinski definition) is 3. The van der Waals surface area contributed by atoms with Gasteiger partial charge in [0.2, 0.25) is 0 Å². The molecule has 4 heteroatoms. The van der Waals surface area contributed by atoms with Crippen LogP contribution in [0, 0.1) is 0 Å². The van der Waals surface area contributed by atoms with Gasteiger partial charge in [0.15, 0.2) is 5.76 Å². The van der Waals surface area contributed by atoms with Crippen LogP contribution in [0.3, 0.4) is 0 Å². The zero-order chi connectivity index (χ0) is 16.4. The fourth-order valence-electron chi connectivity index (χ4n) is 2.72. The molecule has 2 aromatic heterocycles. The third-order valence-electron chi connectivity index (χ3n) is 3.89. The van der Waals surface area contributed by atoms with Gasteiger partial charge < -0.3 is 14.2 Å². The Morgan fingerprint density at radius 3 is 2.46 bits per heavy atom. The van der Waals surface area contributed by atoms with Crippen LogP contribution < -0.4 is 5.32 Å². The molecule has 4 nitrogen and oxygen atoms in total. The van der Waals surface area contributed by atoms with Crippen molar-refractivity contribution in [2.45, 2.75) is 6.04 Å². The van der Waals surface area contributed by atoms with Crippen LogP contribution in [0.15, 0.2) is 87.9 Å². The van der Waals surface area contributed by atoms with Crippen LogP contribution >= 0.6 is 0 Å². The molecule has 2 aromatic carbocycles. The Morgan fingerprint density at radius 1 is 0.917 bits per heavy atom. The summed E-state index contributed by atoms with van der Waals surface area (Å²) >= 11 is 0. The monoisotopic (exact) mass is 317 g/mol. The maximum atomic E-state index is 12.6. The molecular formula is C20H15NO3. The van der Waals surface area contributed by atoms with Gasteiger partial charge in [-0.3, -0.25) is 4.79 Å². The Hall–Kier alpha value is -3.27. The van der Waals surface area contributed by atoms with Gasteiger partial charge in [-0.25, -0.2) is 0 Å². The van der Waals surface area contributed by atoms with E-state index in [1.165, 1.54) is 0 Å². The summed E-state index contributed by atoms with van der Waals surface area (Å²) in [4.78, 5) is 12.6. The Morgan fingerprint density at radius 2 is 1.71 bits per heavy atom. The quantitative estimate of drug-likeness (QED) is 0.601. The minimum atomic E-state index is -0.373. The lowest BCUT2D eigenvalue weighted by molar-refractivity contribution is 0.0913. The molecule has 0 spiro atoms. The van der Waals surface area contributed by atoms with Crippen LogP contribution in [0.4, 0.5) is 0 Å². The smallest absolute Gasteiger partial charge is 0.287 e. The summed E-state index contributed by atoms with van der Waals surface area (Å²) in [5, 5.41) is 3.89. The summed E-state index contributed by atoms with van der Waals surface area (Å²) in [6.45, 7) is 0. The number of rotatable bonds is 4. The minimum absolute atomic E-state index is 0.281. The van der Waals surface area contributed by atoms with E-state index in [0.29, 0.717) is 11.3 Å². The number of benzene rings is 2. The van der Waals surface area contributed by atoms with Crippen LogP contribution in [0.5, 0.6) is 0 Å². The van der Waals surface area contributed by atoms with Gasteiger partial charge in [0.05, 0.1) is 6.26 Å². The standard InChI is InChI=1S/C20H15NO3/c22-20(18-13-15-9-4-5-10-16(15)24-18)21-19(17-11-6-12-23-17)14-7-2-1-3-8-14/h1-13,19H,(H,21,22)/t19-/m0/s1. The number of fused-ring (bicyclic) bond motifs is 1. The second-order valence-corrected chi connectivity index (χ2v) is 5.48. The highest BCUT2D eigenvalue weighted by molar-refractivity contribution is 5.96. The molecule has 0 bridgehead atoms. The topological polar surface area (TPSA) is 55.4 Å². The molecule has 0 radical (unpaired) electrons. The fraction of sp³-hybridized carbons (Fsp3) is 0.0500. The van der Waals surface area contributed by atoms with Crippen LogP contribution in [-0.4, -0.2) is 5.91 Å². The molecule has 0 saturated heterocycles. The van der Waals surface area contributed by atoms with Crippen LogP contribution in [0.25, 0.3) is 11.0 Å². The van der Waals surface area contributed by atoms with Crippen molar-refractivity contribution in [1.29, 1.82) is 0 Å². The number of hydrogen-bond donors (Lipinski definition) is 1. The molecule has 0 aliphatic rings. The largest absolute Gasteiger partial charge is 0.467 e. The number of carbonyl (C=O) groups is 1. The van der Waals surface area contributed by atoms with Crippen LogP contribution in [0.2, 0.25) is 0 Å². The summed E-state index contributed by atoms with van der Waals surface area (Å²) in [5.41, 5.74) is 1.63. The van der Waals surface area contributed by atoms with Crippen molar-refractivity contribution in [3.8, 4) is 0 Å². The molecule has 0 saturated carbocycles. The Kier molecular flexibility index (Phi) is 3.63. The summed E-state index contributed by atoms with van der Waals surface area (Å²) in [5.74, 6) is 0.672. The Bertz CT molecular complexity index is 922. The van der Waals surface area contributed by atoms with Gasteiger partial charge in [0, 0.05) is 5.39 Å². The van der Waals surface area contributed by atoms with Gasteiger partial charge in [0.25, 0.3) is 5.91 Å². The predicted molar refractivity (Wildman–Crippen MR) is 90.7 cm³/mol. The molecule has 1 amide bonds. The van der Waals surface area contributed by atoms with Crippen molar-refractivity contribution in [2.24, 2.45) is 0 Å². The number of furan rings is 2. The molecule has 0 aliphatic carbocycles. The van der Waals surface area contributed by atoms with E-state index in [2.05, 4.69) is 5.32 Å². The zero-order valence-corrected chi connectivity index (χ0v) is 12.8. The molecule has 0 fully saturated rings. The summed E-state index contributed by atoms with van der Waals surface area (Å²) in [6, 6.07) is 22.3.